The number of rotatable bonds is 2. The van der Waals surface area contributed by atoms with Crippen LogP contribution in [0.2, 0.25) is 0 Å². The van der Waals surface area contributed by atoms with Crippen molar-refractivity contribution in [2.24, 2.45) is 0 Å². The lowest BCUT2D eigenvalue weighted by atomic mass is 9.94. The van der Waals surface area contributed by atoms with Crippen LogP contribution in [0.4, 0.5) is 0 Å². The average molecular weight is 251 g/mol. The minimum atomic E-state index is -0.603. The fourth-order valence-corrected chi connectivity index (χ4v) is 2.47. The number of carbonyl (C=O) groups excluding carboxylic acids is 1. The first-order chi connectivity index (χ1) is 8.07. The number of likely N-dealkylation sites (tertiary alicyclic amines) is 1. The van der Waals surface area contributed by atoms with Crippen molar-refractivity contribution in [3.05, 3.63) is 28.5 Å². The second-order valence-corrected chi connectivity index (χ2v) is 5.65. The lowest BCUT2D eigenvalue weighted by molar-refractivity contribution is -0.129. The summed E-state index contributed by atoms with van der Waals surface area (Å²) in [5.41, 5.74) is -0.603. The van der Waals surface area contributed by atoms with Gasteiger partial charge in [-0.25, -0.2) is 0 Å². The summed E-state index contributed by atoms with van der Waals surface area (Å²) in [5, 5.41) is 11.8. The van der Waals surface area contributed by atoms with Gasteiger partial charge < -0.3 is 10.0 Å². The fourth-order valence-electron chi connectivity index (χ4n) is 1.85. The van der Waals surface area contributed by atoms with Crippen LogP contribution in [0.25, 0.3) is 6.08 Å². The van der Waals surface area contributed by atoms with Crippen molar-refractivity contribution in [2.75, 3.05) is 13.1 Å². The Hall–Kier alpha value is -1.13. The second kappa shape index (κ2) is 5.02. The van der Waals surface area contributed by atoms with E-state index in [1.807, 2.05) is 30.5 Å². The van der Waals surface area contributed by atoms with Crippen LogP contribution in [0.15, 0.2) is 23.6 Å². The molecule has 92 valence electrons. The van der Waals surface area contributed by atoms with E-state index in [0.717, 1.165) is 4.88 Å². The summed E-state index contributed by atoms with van der Waals surface area (Å²) in [5.74, 6) is 0.0360. The summed E-state index contributed by atoms with van der Waals surface area (Å²) < 4.78 is 0. The molecular weight excluding hydrogens is 234 g/mol. The van der Waals surface area contributed by atoms with Crippen LogP contribution < -0.4 is 0 Å². The maximum absolute atomic E-state index is 11.9. The first-order valence-electron chi connectivity index (χ1n) is 5.80. The molecule has 0 unspecified atom stereocenters. The van der Waals surface area contributed by atoms with E-state index in [4.69, 9.17) is 0 Å². The van der Waals surface area contributed by atoms with Gasteiger partial charge in [-0.05, 0) is 37.3 Å². The van der Waals surface area contributed by atoms with Gasteiger partial charge in [-0.3, -0.25) is 4.79 Å². The van der Waals surface area contributed by atoms with Gasteiger partial charge in [-0.15, -0.1) is 11.3 Å². The van der Waals surface area contributed by atoms with E-state index in [-0.39, 0.29) is 5.91 Å². The zero-order chi connectivity index (χ0) is 12.3. The molecule has 1 aromatic rings. The van der Waals surface area contributed by atoms with Crippen molar-refractivity contribution in [1.29, 1.82) is 0 Å². The number of nitrogens with zero attached hydrogens (tertiary/aromatic N) is 1. The molecule has 1 aliphatic heterocycles. The number of thiophene rings is 1. The van der Waals surface area contributed by atoms with Gasteiger partial charge in [0.1, 0.15) is 0 Å². The third-order valence-corrected chi connectivity index (χ3v) is 3.92. The van der Waals surface area contributed by atoms with E-state index >= 15 is 0 Å². The number of amides is 1. The van der Waals surface area contributed by atoms with Gasteiger partial charge in [-0.1, -0.05) is 6.07 Å². The standard InChI is InChI=1S/C13H17NO2S/c1-13(16)6-8-14(9-7-13)12(15)5-4-11-3-2-10-17-11/h2-5,10,16H,6-9H2,1H3/b5-4+. The van der Waals surface area contributed by atoms with E-state index in [0.29, 0.717) is 25.9 Å². The molecule has 0 atom stereocenters. The molecular formula is C13H17NO2S. The van der Waals surface area contributed by atoms with Crippen LogP contribution in [-0.4, -0.2) is 34.6 Å². The third kappa shape index (κ3) is 3.41. The van der Waals surface area contributed by atoms with Crippen molar-refractivity contribution in [3.63, 3.8) is 0 Å². The number of hydrogen-bond donors (Lipinski definition) is 1. The number of hydrogen-bond acceptors (Lipinski definition) is 3. The topological polar surface area (TPSA) is 40.5 Å². The molecule has 0 saturated carbocycles. The van der Waals surface area contributed by atoms with Crippen molar-refractivity contribution in [1.82, 2.24) is 4.90 Å². The normalized spacial score (nSPS) is 19.8. The van der Waals surface area contributed by atoms with Gasteiger partial charge in [0.25, 0.3) is 0 Å². The van der Waals surface area contributed by atoms with Crippen LogP contribution in [0, 0.1) is 0 Å². The van der Waals surface area contributed by atoms with E-state index in [1.165, 1.54) is 0 Å². The molecule has 0 aromatic carbocycles. The highest BCUT2D eigenvalue weighted by atomic mass is 32.1. The second-order valence-electron chi connectivity index (χ2n) is 4.67. The summed E-state index contributed by atoms with van der Waals surface area (Å²) in [7, 11) is 0. The fraction of sp³-hybridized carbons (Fsp3) is 0.462. The molecule has 2 rings (SSSR count). The molecule has 1 aliphatic rings. The maximum atomic E-state index is 11.9. The zero-order valence-corrected chi connectivity index (χ0v) is 10.7. The molecule has 1 amide bonds. The molecule has 2 heterocycles. The highest BCUT2D eigenvalue weighted by molar-refractivity contribution is 7.10. The molecule has 1 aromatic heterocycles. The average Bonchev–Trinajstić information content (AvgIpc) is 2.78. The van der Waals surface area contributed by atoms with Gasteiger partial charge in [0.05, 0.1) is 5.60 Å². The molecule has 17 heavy (non-hydrogen) atoms. The number of carbonyl (C=O) groups is 1. The Bertz CT molecular complexity index is 399. The molecule has 4 heteroatoms. The van der Waals surface area contributed by atoms with Crippen molar-refractivity contribution in [3.8, 4) is 0 Å². The van der Waals surface area contributed by atoms with Gasteiger partial charge in [0.15, 0.2) is 0 Å². The molecule has 1 saturated heterocycles. The Labute approximate surface area is 105 Å². The lowest BCUT2D eigenvalue weighted by Crippen LogP contribution is -2.44. The van der Waals surface area contributed by atoms with E-state index in [9.17, 15) is 9.90 Å². The van der Waals surface area contributed by atoms with E-state index in [1.54, 1.807) is 22.3 Å². The number of piperidine rings is 1. The molecule has 0 spiro atoms. The molecule has 0 bridgehead atoms. The molecule has 0 radical (unpaired) electrons. The highest BCUT2D eigenvalue weighted by Crippen LogP contribution is 2.21. The Morgan fingerprint density at radius 1 is 1.53 bits per heavy atom. The summed E-state index contributed by atoms with van der Waals surface area (Å²) in [4.78, 5) is 14.7. The van der Waals surface area contributed by atoms with Crippen LogP contribution in [0.5, 0.6) is 0 Å². The molecule has 1 fully saturated rings. The van der Waals surface area contributed by atoms with Gasteiger partial charge in [0, 0.05) is 24.0 Å². The van der Waals surface area contributed by atoms with Gasteiger partial charge >= 0.3 is 0 Å². The first kappa shape index (κ1) is 12.3. The Kier molecular flexibility index (Phi) is 3.64. The van der Waals surface area contributed by atoms with E-state index in [2.05, 4.69) is 0 Å². The van der Waals surface area contributed by atoms with Crippen LogP contribution in [-0.2, 0) is 4.79 Å². The van der Waals surface area contributed by atoms with Crippen LogP contribution in [0.1, 0.15) is 24.6 Å². The van der Waals surface area contributed by atoms with Crippen LogP contribution in [0.3, 0.4) is 0 Å². The predicted molar refractivity (Wildman–Crippen MR) is 69.8 cm³/mol. The lowest BCUT2D eigenvalue weighted by Gasteiger charge is -2.35. The van der Waals surface area contributed by atoms with E-state index < -0.39 is 5.60 Å². The molecule has 0 aliphatic carbocycles. The van der Waals surface area contributed by atoms with Gasteiger partial charge in [0.2, 0.25) is 5.91 Å². The minimum absolute atomic E-state index is 0.0360. The summed E-state index contributed by atoms with van der Waals surface area (Å²) in [6, 6.07) is 3.95. The van der Waals surface area contributed by atoms with Crippen molar-refractivity contribution < 1.29 is 9.90 Å². The zero-order valence-electron chi connectivity index (χ0n) is 9.93. The molecule has 3 nitrogen and oxygen atoms in total. The van der Waals surface area contributed by atoms with Gasteiger partial charge in [-0.2, -0.15) is 0 Å². The Balaban J connectivity index is 1.89. The van der Waals surface area contributed by atoms with Crippen molar-refractivity contribution in [2.45, 2.75) is 25.4 Å². The van der Waals surface area contributed by atoms with Crippen molar-refractivity contribution >= 4 is 23.3 Å². The maximum Gasteiger partial charge on any atom is 0.246 e. The monoisotopic (exact) mass is 251 g/mol. The smallest absolute Gasteiger partial charge is 0.246 e. The third-order valence-electron chi connectivity index (χ3n) is 3.09. The largest absolute Gasteiger partial charge is 0.390 e. The quantitative estimate of drug-likeness (QED) is 0.818. The minimum Gasteiger partial charge on any atom is -0.390 e. The predicted octanol–water partition coefficient (Wildman–Crippen LogP) is 2.13. The Morgan fingerprint density at radius 3 is 2.82 bits per heavy atom. The summed E-state index contributed by atoms with van der Waals surface area (Å²) >= 11 is 1.61. The summed E-state index contributed by atoms with van der Waals surface area (Å²) in [6.45, 7) is 3.11. The first-order valence-corrected chi connectivity index (χ1v) is 6.68. The summed E-state index contributed by atoms with van der Waals surface area (Å²) in [6.07, 6.45) is 4.78. The highest BCUT2D eigenvalue weighted by Gasteiger charge is 2.28. The Morgan fingerprint density at radius 2 is 2.24 bits per heavy atom. The number of aliphatic hydroxyl groups is 1. The SMILES string of the molecule is CC1(O)CCN(C(=O)/C=C/c2cccs2)CC1. The molecule has 1 N–H and O–H groups in total. The van der Waals surface area contributed by atoms with Crippen LogP contribution >= 0.6 is 11.3 Å².